The van der Waals surface area contributed by atoms with Crippen molar-refractivity contribution in [3.63, 3.8) is 0 Å². The Kier molecular flexibility index (Phi) is 5.51. The van der Waals surface area contributed by atoms with E-state index in [1.165, 1.54) is 80.1 Å². The van der Waals surface area contributed by atoms with Crippen LogP contribution in [0.1, 0.15) is 0 Å². The van der Waals surface area contributed by atoms with Crippen LogP contribution in [0.4, 0.5) is 0 Å². The number of fused-ring (bicyclic) bond motifs is 8. The summed E-state index contributed by atoms with van der Waals surface area (Å²) < 4.78 is 8.94. The minimum atomic E-state index is 0.904. The van der Waals surface area contributed by atoms with Gasteiger partial charge in [-0.2, -0.15) is 0 Å². The third-order valence-corrected chi connectivity index (χ3v) is 10.7. The van der Waals surface area contributed by atoms with Gasteiger partial charge in [0.15, 0.2) is 0 Å². The summed E-state index contributed by atoms with van der Waals surface area (Å²) in [6.07, 6.45) is 0. The Bertz CT molecular complexity index is 2740. The summed E-state index contributed by atoms with van der Waals surface area (Å²) in [4.78, 5) is 0. The summed E-state index contributed by atoms with van der Waals surface area (Å²) in [6.45, 7) is 0. The van der Waals surface area contributed by atoms with E-state index in [1.807, 2.05) is 17.4 Å². The average molecular weight is 603 g/mol. The minimum Gasteiger partial charge on any atom is -0.456 e. The Morgan fingerprint density at radius 3 is 1.74 bits per heavy atom. The molecule has 1 nitrogen and oxygen atoms in total. The van der Waals surface area contributed by atoms with E-state index in [-0.39, 0.29) is 0 Å². The molecule has 0 bridgehead atoms. The van der Waals surface area contributed by atoms with E-state index in [9.17, 15) is 0 Å². The molecule has 0 unspecified atom stereocenters. The number of hydrogen-bond acceptors (Lipinski definition) is 2. The zero-order valence-electron chi connectivity index (χ0n) is 24.8. The third-order valence-electron chi connectivity index (χ3n) is 9.48. The zero-order chi connectivity index (χ0) is 30.2. The van der Waals surface area contributed by atoms with Gasteiger partial charge in [-0.05, 0) is 78.8 Å². The van der Waals surface area contributed by atoms with Crippen LogP contribution in [0.25, 0.3) is 97.0 Å². The lowest BCUT2D eigenvalue weighted by atomic mass is 9.84. The second-order valence-corrected chi connectivity index (χ2v) is 13.0. The lowest BCUT2D eigenvalue weighted by Crippen LogP contribution is -1.92. The molecule has 0 radical (unpaired) electrons. The smallest absolute Gasteiger partial charge is 0.136 e. The first-order chi connectivity index (χ1) is 22.8. The van der Waals surface area contributed by atoms with E-state index in [0.717, 1.165) is 16.9 Å². The molecule has 0 amide bonds. The van der Waals surface area contributed by atoms with Gasteiger partial charge in [-0.1, -0.05) is 133 Å². The summed E-state index contributed by atoms with van der Waals surface area (Å²) >= 11 is 1.86. The maximum absolute atomic E-state index is 6.38. The van der Waals surface area contributed by atoms with E-state index in [1.54, 1.807) is 0 Å². The number of rotatable bonds is 3. The van der Waals surface area contributed by atoms with E-state index in [2.05, 4.69) is 152 Å². The standard InChI is InChI=1S/C44H26OS/c1-2-13-28(14-3-1)39-26-37-38(45-39)25-24-36-43-35(22-11-23-40(43)46-44(36)37)42-33-19-8-6-17-31(33)41(32-18-7-9-20-34(32)42)30-21-10-15-27-12-4-5-16-29(27)30/h1-26H. The molecule has 10 aromatic rings. The lowest BCUT2D eigenvalue weighted by molar-refractivity contribution is 0.632. The van der Waals surface area contributed by atoms with Crippen LogP contribution in [0.15, 0.2) is 162 Å². The van der Waals surface area contributed by atoms with Gasteiger partial charge in [-0.15, -0.1) is 11.3 Å². The molecule has 0 fully saturated rings. The predicted molar refractivity (Wildman–Crippen MR) is 198 cm³/mol. The lowest BCUT2D eigenvalue weighted by Gasteiger charge is -2.19. The van der Waals surface area contributed by atoms with Crippen molar-refractivity contribution in [1.29, 1.82) is 0 Å². The van der Waals surface area contributed by atoms with Crippen LogP contribution < -0.4 is 0 Å². The van der Waals surface area contributed by atoms with Crippen LogP contribution in [0.2, 0.25) is 0 Å². The van der Waals surface area contributed by atoms with Crippen molar-refractivity contribution in [2.24, 2.45) is 0 Å². The fourth-order valence-corrected chi connectivity index (χ4v) is 8.74. The Morgan fingerprint density at radius 2 is 1.00 bits per heavy atom. The predicted octanol–water partition coefficient (Wildman–Crippen LogP) is 13.3. The molecule has 0 aliphatic carbocycles. The minimum absolute atomic E-state index is 0.904. The third kappa shape index (κ3) is 3.68. The van der Waals surface area contributed by atoms with E-state index in [4.69, 9.17) is 4.42 Å². The highest BCUT2D eigenvalue weighted by atomic mass is 32.1. The van der Waals surface area contributed by atoms with Gasteiger partial charge in [-0.3, -0.25) is 0 Å². The molecule has 0 atom stereocenters. The van der Waals surface area contributed by atoms with Gasteiger partial charge < -0.3 is 4.42 Å². The molecule has 0 saturated carbocycles. The monoisotopic (exact) mass is 602 g/mol. The van der Waals surface area contributed by atoms with Gasteiger partial charge in [-0.25, -0.2) is 0 Å². The number of thiophene rings is 1. The Balaban J connectivity index is 1.31. The highest BCUT2D eigenvalue weighted by molar-refractivity contribution is 7.26. The largest absolute Gasteiger partial charge is 0.456 e. The average Bonchev–Trinajstić information content (AvgIpc) is 3.73. The van der Waals surface area contributed by atoms with Gasteiger partial charge in [0.1, 0.15) is 11.3 Å². The molecule has 0 aliphatic heterocycles. The van der Waals surface area contributed by atoms with Crippen molar-refractivity contribution in [3.8, 4) is 33.6 Å². The Labute approximate surface area is 269 Å². The van der Waals surface area contributed by atoms with Gasteiger partial charge in [0.05, 0.1) is 0 Å². The molecular weight excluding hydrogens is 577 g/mol. The summed E-state index contributed by atoms with van der Waals surface area (Å²) in [6, 6.07) is 57.1. The first-order valence-corrected chi connectivity index (χ1v) is 16.5. The van der Waals surface area contributed by atoms with Gasteiger partial charge in [0.2, 0.25) is 0 Å². The highest BCUT2D eigenvalue weighted by Crippen LogP contribution is 2.49. The summed E-state index contributed by atoms with van der Waals surface area (Å²) in [5, 5.41) is 11.4. The van der Waals surface area contributed by atoms with Gasteiger partial charge in [0.25, 0.3) is 0 Å². The van der Waals surface area contributed by atoms with Crippen LogP contribution in [-0.2, 0) is 0 Å². The maximum atomic E-state index is 6.38. The fraction of sp³-hybridized carbons (Fsp3) is 0. The molecule has 10 rings (SSSR count). The molecule has 46 heavy (non-hydrogen) atoms. The molecule has 214 valence electrons. The maximum Gasteiger partial charge on any atom is 0.136 e. The van der Waals surface area contributed by atoms with Gasteiger partial charge in [0, 0.05) is 31.1 Å². The molecule has 2 aromatic heterocycles. The molecule has 2 heterocycles. The van der Waals surface area contributed by atoms with Crippen molar-refractivity contribution >= 4 is 74.8 Å². The summed E-state index contributed by atoms with van der Waals surface area (Å²) in [5.41, 5.74) is 7.15. The van der Waals surface area contributed by atoms with Crippen molar-refractivity contribution in [2.45, 2.75) is 0 Å². The molecule has 0 saturated heterocycles. The number of furan rings is 1. The van der Waals surface area contributed by atoms with Crippen LogP contribution in [0.3, 0.4) is 0 Å². The van der Waals surface area contributed by atoms with Crippen molar-refractivity contribution in [3.05, 3.63) is 158 Å². The summed E-state index contributed by atoms with van der Waals surface area (Å²) in [7, 11) is 0. The molecule has 0 N–H and O–H groups in total. The number of hydrogen-bond donors (Lipinski definition) is 0. The molecule has 0 aliphatic rings. The van der Waals surface area contributed by atoms with Crippen LogP contribution in [0, 0.1) is 0 Å². The molecular formula is C44H26OS. The molecule has 2 heteroatoms. The second kappa shape index (κ2) is 9.90. The normalized spacial score (nSPS) is 11.9. The van der Waals surface area contributed by atoms with E-state index in [0.29, 0.717) is 0 Å². The van der Waals surface area contributed by atoms with Crippen LogP contribution in [0.5, 0.6) is 0 Å². The van der Waals surface area contributed by atoms with Crippen LogP contribution >= 0.6 is 11.3 Å². The summed E-state index contributed by atoms with van der Waals surface area (Å²) in [5.74, 6) is 0.904. The fourth-order valence-electron chi connectivity index (χ4n) is 7.50. The van der Waals surface area contributed by atoms with Crippen molar-refractivity contribution in [1.82, 2.24) is 0 Å². The Morgan fingerprint density at radius 1 is 0.413 bits per heavy atom. The quantitative estimate of drug-likeness (QED) is 0.183. The second-order valence-electron chi connectivity index (χ2n) is 12.0. The zero-order valence-corrected chi connectivity index (χ0v) is 25.6. The van der Waals surface area contributed by atoms with Crippen molar-refractivity contribution < 1.29 is 4.42 Å². The Hall–Kier alpha value is -5.70. The number of benzene rings is 8. The van der Waals surface area contributed by atoms with Crippen molar-refractivity contribution in [2.75, 3.05) is 0 Å². The van der Waals surface area contributed by atoms with Gasteiger partial charge >= 0.3 is 0 Å². The highest BCUT2D eigenvalue weighted by Gasteiger charge is 2.21. The first-order valence-electron chi connectivity index (χ1n) is 15.7. The van der Waals surface area contributed by atoms with E-state index >= 15 is 0 Å². The molecule has 8 aromatic carbocycles. The van der Waals surface area contributed by atoms with Crippen LogP contribution in [-0.4, -0.2) is 0 Å². The molecule has 0 spiro atoms. The first kappa shape index (κ1) is 25.6. The SMILES string of the molecule is c1ccc(-c2cc3c(ccc4c3sc3cccc(-c5c6ccccc6c(-c6cccc7ccccc67)c6ccccc56)c34)o2)cc1. The van der Waals surface area contributed by atoms with E-state index < -0.39 is 0 Å². The topological polar surface area (TPSA) is 13.1 Å².